The molecule has 2 N–H and O–H groups in total. The highest BCUT2D eigenvalue weighted by Gasteiger charge is 2.19. The van der Waals surface area contributed by atoms with Crippen LogP contribution < -0.4 is 0 Å². The standard InChI is InChI=1S/C13H22O3/c1-10-2-4-11(5-3-10)6-7-12(8-9-14)13(15)16/h2,11-12,14H,3-9H2,1H3,(H,15,16). The molecule has 0 bridgehead atoms. The van der Waals surface area contributed by atoms with Crippen molar-refractivity contribution in [2.45, 2.75) is 45.4 Å². The summed E-state index contributed by atoms with van der Waals surface area (Å²) in [5.41, 5.74) is 1.46. The summed E-state index contributed by atoms with van der Waals surface area (Å²) < 4.78 is 0. The van der Waals surface area contributed by atoms with Crippen LogP contribution in [0.15, 0.2) is 11.6 Å². The van der Waals surface area contributed by atoms with E-state index in [4.69, 9.17) is 10.2 Å². The van der Waals surface area contributed by atoms with Gasteiger partial charge < -0.3 is 10.2 Å². The van der Waals surface area contributed by atoms with Crippen molar-refractivity contribution < 1.29 is 15.0 Å². The highest BCUT2D eigenvalue weighted by Crippen LogP contribution is 2.28. The van der Waals surface area contributed by atoms with E-state index in [2.05, 4.69) is 13.0 Å². The number of allylic oxidation sites excluding steroid dienone is 2. The van der Waals surface area contributed by atoms with Crippen LogP contribution in [0.2, 0.25) is 0 Å². The molecular weight excluding hydrogens is 204 g/mol. The monoisotopic (exact) mass is 226 g/mol. The van der Waals surface area contributed by atoms with E-state index in [1.54, 1.807) is 0 Å². The molecule has 0 spiro atoms. The van der Waals surface area contributed by atoms with E-state index in [1.165, 1.54) is 12.0 Å². The molecule has 0 aromatic rings. The molecule has 92 valence electrons. The number of aliphatic hydroxyl groups excluding tert-OH is 1. The zero-order valence-corrected chi connectivity index (χ0v) is 9.98. The van der Waals surface area contributed by atoms with Crippen LogP contribution in [0.3, 0.4) is 0 Å². The molecule has 0 radical (unpaired) electrons. The molecule has 0 heterocycles. The van der Waals surface area contributed by atoms with E-state index in [0.29, 0.717) is 18.8 Å². The third-order valence-corrected chi connectivity index (χ3v) is 3.50. The second-order valence-electron chi connectivity index (χ2n) is 4.82. The second-order valence-corrected chi connectivity index (χ2v) is 4.82. The van der Waals surface area contributed by atoms with Gasteiger partial charge in [-0.2, -0.15) is 0 Å². The molecular formula is C13H22O3. The molecule has 1 aliphatic rings. The van der Waals surface area contributed by atoms with E-state index in [9.17, 15) is 4.79 Å². The quantitative estimate of drug-likeness (QED) is 0.684. The molecule has 2 unspecified atom stereocenters. The molecule has 16 heavy (non-hydrogen) atoms. The fourth-order valence-corrected chi connectivity index (χ4v) is 2.27. The van der Waals surface area contributed by atoms with Crippen LogP contribution in [0.1, 0.15) is 45.4 Å². The van der Waals surface area contributed by atoms with Gasteiger partial charge in [-0.05, 0) is 51.4 Å². The van der Waals surface area contributed by atoms with Gasteiger partial charge in [0.15, 0.2) is 0 Å². The summed E-state index contributed by atoms with van der Waals surface area (Å²) in [5, 5.41) is 17.7. The second kappa shape index (κ2) is 6.69. The summed E-state index contributed by atoms with van der Waals surface area (Å²) in [6.07, 6.45) is 7.77. The van der Waals surface area contributed by atoms with Gasteiger partial charge in [-0.25, -0.2) is 0 Å². The van der Waals surface area contributed by atoms with Crippen molar-refractivity contribution in [3.8, 4) is 0 Å². The molecule has 2 atom stereocenters. The van der Waals surface area contributed by atoms with Gasteiger partial charge in [-0.1, -0.05) is 11.6 Å². The largest absolute Gasteiger partial charge is 0.481 e. The average molecular weight is 226 g/mol. The number of aliphatic carboxylic acids is 1. The lowest BCUT2D eigenvalue weighted by Crippen LogP contribution is -2.17. The predicted octanol–water partition coefficient (Wildman–Crippen LogP) is 2.60. The van der Waals surface area contributed by atoms with Crippen molar-refractivity contribution in [3.05, 3.63) is 11.6 Å². The first-order chi connectivity index (χ1) is 7.63. The fraction of sp³-hybridized carbons (Fsp3) is 0.769. The number of hydrogen-bond donors (Lipinski definition) is 2. The van der Waals surface area contributed by atoms with E-state index >= 15 is 0 Å². The third-order valence-electron chi connectivity index (χ3n) is 3.50. The number of hydrogen-bond acceptors (Lipinski definition) is 2. The Balaban J connectivity index is 2.29. The molecule has 0 aliphatic heterocycles. The number of carboxylic acid groups (broad SMARTS) is 1. The molecule has 0 fully saturated rings. The Bertz CT molecular complexity index is 258. The first-order valence-corrected chi connectivity index (χ1v) is 6.12. The summed E-state index contributed by atoms with van der Waals surface area (Å²) in [7, 11) is 0. The van der Waals surface area contributed by atoms with Crippen LogP contribution in [-0.4, -0.2) is 22.8 Å². The van der Waals surface area contributed by atoms with Gasteiger partial charge in [0.1, 0.15) is 0 Å². The average Bonchev–Trinajstić information content (AvgIpc) is 2.26. The van der Waals surface area contributed by atoms with Crippen molar-refractivity contribution in [1.29, 1.82) is 0 Å². The topological polar surface area (TPSA) is 57.5 Å². The van der Waals surface area contributed by atoms with Crippen LogP contribution >= 0.6 is 0 Å². The van der Waals surface area contributed by atoms with Gasteiger partial charge in [0.2, 0.25) is 0 Å². The summed E-state index contributed by atoms with van der Waals surface area (Å²) in [5.74, 6) is -0.488. The van der Waals surface area contributed by atoms with Crippen LogP contribution in [0.5, 0.6) is 0 Å². The highest BCUT2D eigenvalue weighted by atomic mass is 16.4. The zero-order valence-electron chi connectivity index (χ0n) is 9.98. The van der Waals surface area contributed by atoms with Crippen molar-refractivity contribution in [3.63, 3.8) is 0 Å². The van der Waals surface area contributed by atoms with E-state index in [0.717, 1.165) is 19.3 Å². The highest BCUT2D eigenvalue weighted by molar-refractivity contribution is 5.69. The van der Waals surface area contributed by atoms with Crippen molar-refractivity contribution in [2.75, 3.05) is 6.61 Å². The molecule has 0 saturated carbocycles. The predicted molar refractivity (Wildman–Crippen MR) is 63.2 cm³/mol. The van der Waals surface area contributed by atoms with E-state index in [-0.39, 0.29) is 12.5 Å². The fourth-order valence-electron chi connectivity index (χ4n) is 2.27. The first kappa shape index (κ1) is 13.2. The lowest BCUT2D eigenvalue weighted by molar-refractivity contribution is -0.142. The molecule has 3 nitrogen and oxygen atoms in total. The Morgan fingerprint density at radius 1 is 1.56 bits per heavy atom. The van der Waals surface area contributed by atoms with Gasteiger partial charge >= 0.3 is 5.97 Å². The maximum Gasteiger partial charge on any atom is 0.306 e. The molecule has 0 aromatic heterocycles. The normalized spacial score (nSPS) is 22.6. The van der Waals surface area contributed by atoms with Crippen LogP contribution in [0, 0.1) is 11.8 Å². The Kier molecular flexibility index (Phi) is 5.53. The number of carboxylic acids is 1. The number of carbonyl (C=O) groups is 1. The summed E-state index contributed by atoms with van der Waals surface area (Å²) >= 11 is 0. The van der Waals surface area contributed by atoms with Crippen LogP contribution in [0.25, 0.3) is 0 Å². The lowest BCUT2D eigenvalue weighted by Gasteiger charge is -2.21. The van der Waals surface area contributed by atoms with Crippen LogP contribution in [0.4, 0.5) is 0 Å². The van der Waals surface area contributed by atoms with Crippen LogP contribution in [-0.2, 0) is 4.79 Å². The third kappa shape index (κ3) is 4.35. The molecule has 3 heteroatoms. The van der Waals surface area contributed by atoms with Crippen molar-refractivity contribution in [1.82, 2.24) is 0 Å². The van der Waals surface area contributed by atoms with Gasteiger partial charge in [0.25, 0.3) is 0 Å². The van der Waals surface area contributed by atoms with E-state index in [1.807, 2.05) is 0 Å². The molecule has 1 aliphatic carbocycles. The minimum Gasteiger partial charge on any atom is -0.481 e. The summed E-state index contributed by atoms with van der Waals surface area (Å²) in [4.78, 5) is 10.9. The number of rotatable bonds is 6. The maximum absolute atomic E-state index is 10.9. The minimum absolute atomic E-state index is 0.0271. The number of aliphatic hydroxyl groups is 1. The molecule has 1 rings (SSSR count). The van der Waals surface area contributed by atoms with E-state index < -0.39 is 5.97 Å². The Morgan fingerprint density at radius 3 is 2.81 bits per heavy atom. The molecule has 0 aromatic carbocycles. The Morgan fingerprint density at radius 2 is 2.31 bits per heavy atom. The van der Waals surface area contributed by atoms with Crippen molar-refractivity contribution >= 4 is 5.97 Å². The smallest absolute Gasteiger partial charge is 0.306 e. The first-order valence-electron chi connectivity index (χ1n) is 6.12. The van der Waals surface area contributed by atoms with Gasteiger partial charge in [0.05, 0.1) is 5.92 Å². The summed E-state index contributed by atoms with van der Waals surface area (Å²) in [6, 6.07) is 0. The maximum atomic E-state index is 10.9. The van der Waals surface area contributed by atoms with Gasteiger partial charge in [-0.3, -0.25) is 4.79 Å². The SMILES string of the molecule is CC1=CCC(CCC(CCO)C(=O)O)CC1. The molecule has 0 amide bonds. The van der Waals surface area contributed by atoms with Crippen molar-refractivity contribution in [2.24, 2.45) is 11.8 Å². The lowest BCUT2D eigenvalue weighted by atomic mass is 9.84. The Hall–Kier alpha value is -0.830. The zero-order chi connectivity index (χ0) is 12.0. The summed E-state index contributed by atoms with van der Waals surface area (Å²) in [6.45, 7) is 2.13. The Labute approximate surface area is 97.2 Å². The van der Waals surface area contributed by atoms with Gasteiger partial charge in [-0.15, -0.1) is 0 Å². The minimum atomic E-state index is -0.767. The molecule has 0 saturated heterocycles. The van der Waals surface area contributed by atoms with Gasteiger partial charge in [0, 0.05) is 6.61 Å².